The Morgan fingerprint density at radius 3 is 2.27 bits per heavy atom. The minimum Gasteiger partial charge on any atom is -0.497 e. The number of nitrogens with zero attached hydrogens (tertiary/aromatic N) is 3. The van der Waals surface area contributed by atoms with Crippen molar-refractivity contribution < 1.29 is 14.3 Å². The first-order valence-corrected chi connectivity index (χ1v) is 10.2. The van der Waals surface area contributed by atoms with E-state index in [1.807, 2.05) is 61.5 Å². The van der Waals surface area contributed by atoms with Gasteiger partial charge in [-0.1, -0.05) is 24.3 Å². The van der Waals surface area contributed by atoms with Gasteiger partial charge in [0, 0.05) is 32.7 Å². The van der Waals surface area contributed by atoms with E-state index in [1.54, 1.807) is 14.2 Å². The van der Waals surface area contributed by atoms with Crippen LogP contribution in [-0.4, -0.2) is 76.9 Å². The van der Waals surface area contributed by atoms with Gasteiger partial charge in [-0.05, 0) is 43.9 Å². The van der Waals surface area contributed by atoms with Crippen LogP contribution in [0.1, 0.15) is 11.6 Å². The summed E-state index contributed by atoms with van der Waals surface area (Å²) in [6, 6.07) is 16.1. The molecule has 0 saturated carbocycles. The molecular weight excluding hydrogens is 380 g/mol. The van der Waals surface area contributed by atoms with Gasteiger partial charge in [0.05, 0.1) is 25.9 Å². The predicted octanol–water partition coefficient (Wildman–Crippen LogP) is 2.84. The number of amides is 2. The summed E-state index contributed by atoms with van der Waals surface area (Å²) in [4.78, 5) is 19.0. The second-order valence-corrected chi connectivity index (χ2v) is 7.58. The van der Waals surface area contributed by atoms with E-state index in [9.17, 15) is 4.79 Å². The summed E-state index contributed by atoms with van der Waals surface area (Å²) in [5, 5.41) is 3.11. The fourth-order valence-electron chi connectivity index (χ4n) is 3.76. The topological polar surface area (TPSA) is 57.3 Å². The number of ether oxygens (including phenoxy) is 2. The van der Waals surface area contributed by atoms with Gasteiger partial charge in [-0.15, -0.1) is 0 Å². The molecule has 30 heavy (non-hydrogen) atoms. The summed E-state index contributed by atoms with van der Waals surface area (Å²) in [6.45, 7) is 3.47. The van der Waals surface area contributed by atoms with Crippen molar-refractivity contribution in [3.05, 3.63) is 54.1 Å². The van der Waals surface area contributed by atoms with E-state index in [4.69, 9.17) is 9.47 Å². The molecule has 0 radical (unpaired) electrons. The molecule has 2 aromatic carbocycles. The van der Waals surface area contributed by atoms with Gasteiger partial charge < -0.3 is 29.5 Å². The third kappa shape index (κ3) is 5.16. The van der Waals surface area contributed by atoms with Crippen molar-refractivity contribution in [3.8, 4) is 11.5 Å². The molecule has 0 spiro atoms. The molecule has 1 fully saturated rings. The standard InChI is InChI=1S/C23H32N4O3/c1-25(2)21(18-9-11-19(29-3)12-10-18)17-24-23(28)27-15-13-26(14-16-27)20-7-5-6-8-22(20)30-4/h5-12,21H,13-17H2,1-4H3,(H,24,28). The van der Waals surface area contributed by atoms with Gasteiger partial charge >= 0.3 is 6.03 Å². The number of benzene rings is 2. The molecule has 1 unspecified atom stereocenters. The number of methoxy groups -OCH3 is 2. The van der Waals surface area contributed by atoms with E-state index >= 15 is 0 Å². The molecule has 2 aromatic rings. The Balaban J connectivity index is 1.54. The van der Waals surface area contributed by atoms with Crippen molar-refractivity contribution in [2.24, 2.45) is 0 Å². The Kier molecular flexibility index (Phi) is 7.41. The highest BCUT2D eigenvalue weighted by molar-refractivity contribution is 5.74. The summed E-state index contributed by atoms with van der Waals surface area (Å²) >= 11 is 0. The zero-order valence-corrected chi connectivity index (χ0v) is 18.3. The van der Waals surface area contributed by atoms with E-state index in [0.29, 0.717) is 19.6 Å². The van der Waals surface area contributed by atoms with Crippen molar-refractivity contribution >= 4 is 11.7 Å². The summed E-state index contributed by atoms with van der Waals surface area (Å²) in [6.07, 6.45) is 0. The quantitative estimate of drug-likeness (QED) is 0.758. The Morgan fingerprint density at radius 2 is 1.67 bits per heavy atom. The van der Waals surface area contributed by atoms with Crippen molar-refractivity contribution in [3.63, 3.8) is 0 Å². The second kappa shape index (κ2) is 10.2. The van der Waals surface area contributed by atoms with Crippen LogP contribution in [0, 0.1) is 0 Å². The first-order chi connectivity index (χ1) is 14.5. The summed E-state index contributed by atoms with van der Waals surface area (Å²) in [7, 11) is 7.39. The average molecular weight is 413 g/mol. The minimum absolute atomic E-state index is 0.0185. The lowest BCUT2D eigenvalue weighted by atomic mass is 10.1. The highest BCUT2D eigenvalue weighted by Gasteiger charge is 2.24. The zero-order valence-electron chi connectivity index (χ0n) is 18.3. The molecule has 1 atom stereocenters. The molecule has 0 aliphatic carbocycles. The Hall–Kier alpha value is -2.93. The van der Waals surface area contributed by atoms with Crippen molar-refractivity contribution in [2.45, 2.75) is 6.04 Å². The highest BCUT2D eigenvalue weighted by Crippen LogP contribution is 2.28. The number of urea groups is 1. The Morgan fingerprint density at radius 1 is 1.00 bits per heavy atom. The first kappa shape index (κ1) is 21.8. The van der Waals surface area contributed by atoms with Crippen LogP contribution < -0.4 is 19.7 Å². The number of anilines is 1. The molecule has 1 N–H and O–H groups in total. The molecule has 1 aliphatic rings. The molecular formula is C23H32N4O3. The number of hydrogen-bond donors (Lipinski definition) is 1. The maximum atomic E-state index is 12.8. The maximum absolute atomic E-state index is 12.8. The summed E-state index contributed by atoms with van der Waals surface area (Å²) in [5.41, 5.74) is 2.22. The van der Waals surface area contributed by atoms with E-state index in [1.165, 1.54) is 0 Å². The SMILES string of the molecule is COc1ccc(C(CNC(=O)N2CCN(c3ccccc3OC)CC2)N(C)C)cc1. The molecule has 3 rings (SSSR count). The monoisotopic (exact) mass is 412 g/mol. The van der Waals surface area contributed by atoms with Crippen LogP contribution in [0.5, 0.6) is 11.5 Å². The molecule has 162 valence electrons. The fourth-order valence-corrected chi connectivity index (χ4v) is 3.76. The predicted molar refractivity (Wildman–Crippen MR) is 120 cm³/mol. The van der Waals surface area contributed by atoms with Gasteiger partial charge in [-0.3, -0.25) is 0 Å². The molecule has 1 aliphatic heterocycles. The van der Waals surface area contributed by atoms with Crippen LogP contribution in [0.4, 0.5) is 10.5 Å². The lowest BCUT2D eigenvalue weighted by Crippen LogP contribution is -2.52. The van der Waals surface area contributed by atoms with Gasteiger partial charge in [0.15, 0.2) is 0 Å². The lowest BCUT2D eigenvalue weighted by Gasteiger charge is -2.37. The third-order valence-electron chi connectivity index (χ3n) is 5.56. The van der Waals surface area contributed by atoms with Gasteiger partial charge in [0.25, 0.3) is 0 Å². The molecule has 7 nitrogen and oxygen atoms in total. The molecule has 2 amide bonds. The first-order valence-electron chi connectivity index (χ1n) is 10.2. The van der Waals surface area contributed by atoms with E-state index in [-0.39, 0.29) is 12.1 Å². The van der Waals surface area contributed by atoms with Gasteiger partial charge in [-0.25, -0.2) is 4.79 Å². The number of nitrogens with one attached hydrogen (secondary N) is 1. The zero-order chi connectivity index (χ0) is 21.5. The Labute approximate surface area is 179 Å². The van der Waals surface area contributed by atoms with Gasteiger partial charge in [0.1, 0.15) is 11.5 Å². The number of carbonyl (C=O) groups is 1. The van der Waals surface area contributed by atoms with Crippen molar-refractivity contribution in [2.75, 3.05) is 65.9 Å². The summed E-state index contributed by atoms with van der Waals surface area (Å²) in [5.74, 6) is 1.69. The summed E-state index contributed by atoms with van der Waals surface area (Å²) < 4.78 is 10.7. The maximum Gasteiger partial charge on any atom is 0.317 e. The number of para-hydroxylation sites is 2. The number of piperazine rings is 1. The largest absolute Gasteiger partial charge is 0.497 e. The third-order valence-corrected chi connectivity index (χ3v) is 5.56. The Bertz CT molecular complexity index is 817. The smallest absolute Gasteiger partial charge is 0.317 e. The highest BCUT2D eigenvalue weighted by atomic mass is 16.5. The van der Waals surface area contributed by atoms with Crippen LogP contribution in [0.15, 0.2) is 48.5 Å². The van der Waals surface area contributed by atoms with Gasteiger partial charge in [0.2, 0.25) is 0 Å². The van der Waals surface area contributed by atoms with E-state index in [0.717, 1.165) is 35.8 Å². The van der Waals surface area contributed by atoms with Crippen LogP contribution in [0.2, 0.25) is 0 Å². The number of hydrogen-bond acceptors (Lipinski definition) is 5. The molecule has 0 bridgehead atoms. The molecule has 1 heterocycles. The van der Waals surface area contributed by atoms with Crippen LogP contribution >= 0.6 is 0 Å². The molecule has 0 aromatic heterocycles. The van der Waals surface area contributed by atoms with E-state index < -0.39 is 0 Å². The second-order valence-electron chi connectivity index (χ2n) is 7.58. The molecule has 7 heteroatoms. The lowest BCUT2D eigenvalue weighted by molar-refractivity contribution is 0.189. The van der Waals surface area contributed by atoms with Gasteiger partial charge in [-0.2, -0.15) is 0 Å². The normalized spacial score (nSPS) is 15.1. The number of carbonyl (C=O) groups excluding carboxylic acids is 1. The van der Waals surface area contributed by atoms with Crippen LogP contribution in [0.3, 0.4) is 0 Å². The average Bonchev–Trinajstić information content (AvgIpc) is 2.79. The molecule has 1 saturated heterocycles. The number of rotatable bonds is 7. The van der Waals surface area contributed by atoms with Crippen molar-refractivity contribution in [1.82, 2.24) is 15.1 Å². The van der Waals surface area contributed by atoms with Crippen LogP contribution in [-0.2, 0) is 0 Å². The fraction of sp³-hybridized carbons (Fsp3) is 0.435. The number of likely N-dealkylation sites (N-methyl/N-ethyl adjacent to an activating group) is 1. The minimum atomic E-state index is -0.0185. The van der Waals surface area contributed by atoms with Crippen molar-refractivity contribution in [1.29, 1.82) is 0 Å². The van der Waals surface area contributed by atoms with Crippen LogP contribution in [0.25, 0.3) is 0 Å². The van der Waals surface area contributed by atoms with E-state index in [2.05, 4.69) is 21.2 Å².